The largest absolute Gasteiger partial charge is 0.364 e. The fourth-order valence-corrected chi connectivity index (χ4v) is 1.56. The molecule has 15 heavy (non-hydrogen) atoms. The van der Waals surface area contributed by atoms with Gasteiger partial charge in [-0.1, -0.05) is 24.6 Å². The summed E-state index contributed by atoms with van der Waals surface area (Å²) in [7, 11) is 0. The average Bonchev–Trinajstić information content (AvgIpc) is 2.71. The molecule has 0 saturated carbocycles. The number of nitrogens with zero attached hydrogens (tertiary/aromatic N) is 1. The molecule has 0 aliphatic carbocycles. The maximum Gasteiger partial charge on any atom is 0.132 e. The Hall–Kier alpha value is -1.64. The lowest BCUT2D eigenvalue weighted by molar-refractivity contribution is 0.422. The standard InChI is InChI=1S/C12H12FNO/c1-2-3-9-4-5-10(11(13)8-9)12-6-7-15-14-12/h4-8H,2-3H2,1H3. The summed E-state index contributed by atoms with van der Waals surface area (Å²) < 4.78 is 18.3. The summed E-state index contributed by atoms with van der Waals surface area (Å²) in [5.41, 5.74) is 2.04. The van der Waals surface area contributed by atoms with E-state index < -0.39 is 0 Å². The highest BCUT2D eigenvalue weighted by Crippen LogP contribution is 2.22. The van der Waals surface area contributed by atoms with E-state index in [-0.39, 0.29) is 5.82 Å². The molecule has 1 aromatic heterocycles. The quantitative estimate of drug-likeness (QED) is 0.767. The number of halogens is 1. The molecule has 0 bridgehead atoms. The van der Waals surface area contributed by atoms with E-state index in [1.54, 1.807) is 18.2 Å². The van der Waals surface area contributed by atoms with E-state index in [1.807, 2.05) is 6.07 Å². The third kappa shape index (κ3) is 2.06. The summed E-state index contributed by atoms with van der Waals surface area (Å²) in [6.07, 6.45) is 3.35. The summed E-state index contributed by atoms with van der Waals surface area (Å²) in [4.78, 5) is 0. The lowest BCUT2D eigenvalue weighted by atomic mass is 10.1. The Balaban J connectivity index is 2.35. The van der Waals surface area contributed by atoms with Crippen LogP contribution in [0.15, 0.2) is 35.1 Å². The lowest BCUT2D eigenvalue weighted by Crippen LogP contribution is -1.89. The zero-order chi connectivity index (χ0) is 10.7. The highest BCUT2D eigenvalue weighted by Gasteiger charge is 2.08. The smallest absolute Gasteiger partial charge is 0.132 e. The Labute approximate surface area is 87.7 Å². The van der Waals surface area contributed by atoms with Gasteiger partial charge in [0.1, 0.15) is 17.8 Å². The highest BCUT2D eigenvalue weighted by atomic mass is 19.1. The van der Waals surface area contributed by atoms with Crippen molar-refractivity contribution in [1.82, 2.24) is 5.16 Å². The molecule has 2 rings (SSSR count). The summed E-state index contributed by atoms with van der Waals surface area (Å²) in [5, 5.41) is 3.71. The minimum atomic E-state index is -0.241. The summed E-state index contributed by atoms with van der Waals surface area (Å²) in [6, 6.07) is 6.89. The van der Waals surface area contributed by atoms with Crippen molar-refractivity contribution in [2.24, 2.45) is 0 Å². The van der Waals surface area contributed by atoms with Crippen LogP contribution in [0.1, 0.15) is 18.9 Å². The molecular weight excluding hydrogens is 193 g/mol. The summed E-state index contributed by atoms with van der Waals surface area (Å²) >= 11 is 0. The van der Waals surface area contributed by atoms with Crippen LogP contribution in [0.3, 0.4) is 0 Å². The van der Waals surface area contributed by atoms with Crippen LogP contribution in [0.4, 0.5) is 4.39 Å². The number of hydrogen-bond acceptors (Lipinski definition) is 2. The van der Waals surface area contributed by atoms with Gasteiger partial charge < -0.3 is 4.52 Å². The van der Waals surface area contributed by atoms with Gasteiger partial charge in [0.15, 0.2) is 0 Å². The predicted molar refractivity (Wildman–Crippen MR) is 55.9 cm³/mol. The van der Waals surface area contributed by atoms with Gasteiger partial charge >= 0.3 is 0 Å². The number of aromatic nitrogens is 1. The fraction of sp³-hybridized carbons (Fsp3) is 0.250. The molecule has 0 aliphatic rings. The molecule has 2 aromatic rings. The van der Waals surface area contributed by atoms with E-state index in [2.05, 4.69) is 16.6 Å². The first kappa shape index (κ1) is 9.90. The van der Waals surface area contributed by atoms with E-state index in [0.717, 1.165) is 18.4 Å². The molecule has 0 amide bonds. The third-order valence-corrected chi connectivity index (χ3v) is 2.29. The highest BCUT2D eigenvalue weighted by molar-refractivity contribution is 5.59. The van der Waals surface area contributed by atoms with Crippen molar-refractivity contribution < 1.29 is 8.91 Å². The average molecular weight is 205 g/mol. The van der Waals surface area contributed by atoms with Crippen molar-refractivity contribution in [3.05, 3.63) is 41.9 Å². The Morgan fingerprint density at radius 1 is 1.33 bits per heavy atom. The molecule has 1 aromatic carbocycles. The van der Waals surface area contributed by atoms with Crippen molar-refractivity contribution >= 4 is 0 Å². The van der Waals surface area contributed by atoms with Crippen LogP contribution in [-0.2, 0) is 6.42 Å². The van der Waals surface area contributed by atoms with Crippen molar-refractivity contribution in [2.75, 3.05) is 0 Å². The fourth-order valence-electron chi connectivity index (χ4n) is 1.56. The maximum absolute atomic E-state index is 13.7. The van der Waals surface area contributed by atoms with Gasteiger partial charge in [0.2, 0.25) is 0 Å². The van der Waals surface area contributed by atoms with E-state index in [1.165, 1.54) is 6.26 Å². The van der Waals surface area contributed by atoms with Crippen LogP contribution in [0.2, 0.25) is 0 Å². The number of aryl methyl sites for hydroxylation is 1. The van der Waals surface area contributed by atoms with E-state index in [9.17, 15) is 4.39 Å². The molecule has 0 N–H and O–H groups in total. The second kappa shape index (κ2) is 4.26. The van der Waals surface area contributed by atoms with E-state index >= 15 is 0 Å². The van der Waals surface area contributed by atoms with Crippen LogP contribution in [0.25, 0.3) is 11.3 Å². The lowest BCUT2D eigenvalue weighted by Gasteiger charge is -2.02. The molecule has 0 aliphatic heterocycles. The molecule has 0 radical (unpaired) electrons. The first-order chi connectivity index (χ1) is 7.31. The van der Waals surface area contributed by atoms with Gasteiger partial charge in [0, 0.05) is 11.6 Å². The van der Waals surface area contributed by atoms with Gasteiger partial charge in [-0.3, -0.25) is 0 Å². The maximum atomic E-state index is 13.7. The zero-order valence-corrected chi connectivity index (χ0v) is 8.53. The van der Waals surface area contributed by atoms with Gasteiger partial charge in [0.25, 0.3) is 0 Å². The topological polar surface area (TPSA) is 26.0 Å². The molecule has 0 atom stereocenters. The molecular formula is C12H12FNO. The van der Waals surface area contributed by atoms with Crippen LogP contribution in [0, 0.1) is 5.82 Å². The molecule has 1 heterocycles. The number of rotatable bonds is 3. The Kier molecular flexibility index (Phi) is 2.81. The molecule has 3 heteroatoms. The first-order valence-electron chi connectivity index (χ1n) is 5.00. The second-order valence-corrected chi connectivity index (χ2v) is 3.45. The SMILES string of the molecule is CCCc1ccc(-c2ccon2)c(F)c1. The molecule has 0 saturated heterocycles. The van der Waals surface area contributed by atoms with Crippen molar-refractivity contribution in [3.63, 3.8) is 0 Å². The number of benzene rings is 1. The van der Waals surface area contributed by atoms with Gasteiger partial charge in [-0.15, -0.1) is 0 Å². The Bertz CT molecular complexity index is 437. The molecule has 78 valence electrons. The monoisotopic (exact) mass is 205 g/mol. The minimum Gasteiger partial charge on any atom is -0.364 e. The number of hydrogen-bond donors (Lipinski definition) is 0. The Morgan fingerprint density at radius 3 is 2.80 bits per heavy atom. The van der Waals surface area contributed by atoms with Gasteiger partial charge in [-0.25, -0.2) is 4.39 Å². The summed E-state index contributed by atoms with van der Waals surface area (Å²) in [5.74, 6) is -0.241. The third-order valence-electron chi connectivity index (χ3n) is 2.29. The van der Waals surface area contributed by atoms with Crippen molar-refractivity contribution in [3.8, 4) is 11.3 Å². The Morgan fingerprint density at radius 2 is 2.20 bits per heavy atom. The van der Waals surface area contributed by atoms with E-state index in [0.29, 0.717) is 11.3 Å². The minimum absolute atomic E-state index is 0.241. The van der Waals surface area contributed by atoms with Gasteiger partial charge in [-0.05, 0) is 24.1 Å². The van der Waals surface area contributed by atoms with Gasteiger partial charge in [0.05, 0.1) is 0 Å². The van der Waals surface area contributed by atoms with Crippen LogP contribution in [-0.4, -0.2) is 5.16 Å². The van der Waals surface area contributed by atoms with Crippen LogP contribution in [0.5, 0.6) is 0 Å². The van der Waals surface area contributed by atoms with Crippen LogP contribution >= 0.6 is 0 Å². The van der Waals surface area contributed by atoms with Crippen molar-refractivity contribution in [1.29, 1.82) is 0 Å². The molecule has 0 fully saturated rings. The normalized spacial score (nSPS) is 10.5. The summed E-state index contributed by atoms with van der Waals surface area (Å²) in [6.45, 7) is 2.07. The van der Waals surface area contributed by atoms with Crippen LogP contribution < -0.4 is 0 Å². The molecule has 2 nitrogen and oxygen atoms in total. The first-order valence-corrected chi connectivity index (χ1v) is 5.00. The second-order valence-electron chi connectivity index (χ2n) is 3.45. The molecule has 0 unspecified atom stereocenters. The predicted octanol–water partition coefficient (Wildman–Crippen LogP) is 3.43. The van der Waals surface area contributed by atoms with Gasteiger partial charge in [-0.2, -0.15) is 0 Å². The van der Waals surface area contributed by atoms with E-state index in [4.69, 9.17) is 0 Å². The molecule has 0 spiro atoms. The zero-order valence-electron chi connectivity index (χ0n) is 8.53. The van der Waals surface area contributed by atoms with Crippen molar-refractivity contribution in [2.45, 2.75) is 19.8 Å².